The number of nitrogens with one attached hydrogen (secondary N) is 1. The lowest BCUT2D eigenvalue weighted by atomic mass is 10.1. The monoisotopic (exact) mass is 369 g/mol. The molecule has 1 heterocycles. The van der Waals surface area contributed by atoms with Crippen LogP contribution in [0, 0.1) is 6.92 Å². The highest BCUT2D eigenvalue weighted by atomic mass is 32.2. The maximum absolute atomic E-state index is 12.8. The van der Waals surface area contributed by atoms with Crippen LogP contribution in [0.3, 0.4) is 0 Å². The predicted octanol–water partition coefficient (Wildman–Crippen LogP) is 3.21. The fourth-order valence-electron chi connectivity index (χ4n) is 2.89. The number of benzene rings is 2. The molecule has 26 heavy (non-hydrogen) atoms. The van der Waals surface area contributed by atoms with Crippen molar-refractivity contribution in [3.8, 4) is 0 Å². The lowest BCUT2D eigenvalue weighted by molar-refractivity contribution is -0.119. The van der Waals surface area contributed by atoms with Gasteiger partial charge in [0.2, 0.25) is 5.91 Å². The highest BCUT2D eigenvalue weighted by molar-refractivity contribution is 7.99. The summed E-state index contributed by atoms with van der Waals surface area (Å²) >= 11 is 1.60. The van der Waals surface area contributed by atoms with E-state index in [-0.39, 0.29) is 11.8 Å². The molecule has 1 N–H and O–H groups in total. The molecule has 1 saturated heterocycles. The van der Waals surface area contributed by atoms with Gasteiger partial charge in [0.15, 0.2) is 0 Å². The Kier molecular flexibility index (Phi) is 5.52. The summed E-state index contributed by atoms with van der Waals surface area (Å²) in [6.07, 6.45) is 0. The summed E-state index contributed by atoms with van der Waals surface area (Å²) in [6.45, 7) is 1.97. The molecule has 2 aromatic carbocycles. The van der Waals surface area contributed by atoms with Crippen molar-refractivity contribution in [1.82, 2.24) is 4.90 Å². The van der Waals surface area contributed by atoms with Gasteiger partial charge >= 0.3 is 0 Å². The summed E-state index contributed by atoms with van der Waals surface area (Å²) in [5, 5.41) is 2.99. The lowest BCUT2D eigenvalue weighted by Crippen LogP contribution is -2.44. The van der Waals surface area contributed by atoms with Crippen molar-refractivity contribution >= 4 is 35.0 Å². The van der Waals surface area contributed by atoms with Gasteiger partial charge in [-0.15, -0.1) is 11.8 Å². The van der Waals surface area contributed by atoms with Gasteiger partial charge in [0.1, 0.15) is 6.04 Å². The summed E-state index contributed by atoms with van der Waals surface area (Å²) in [4.78, 5) is 29.2. The van der Waals surface area contributed by atoms with E-state index in [1.54, 1.807) is 28.8 Å². The molecule has 3 rings (SSSR count). The number of amides is 2. The Morgan fingerprint density at radius 1 is 1.15 bits per heavy atom. The van der Waals surface area contributed by atoms with Crippen molar-refractivity contribution < 1.29 is 9.59 Å². The maximum Gasteiger partial charge on any atom is 0.255 e. The molecule has 0 saturated carbocycles. The van der Waals surface area contributed by atoms with Crippen LogP contribution in [0.1, 0.15) is 15.9 Å². The Bertz CT molecular complexity index is 808. The van der Waals surface area contributed by atoms with Crippen molar-refractivity contribution in [2.75, 3.05) is 35.9 Å². The smallest absolute Gasteiger partial charge is 0.255 e. The van der Waals surface area contributed by atoms with Crippen LogP contribution in [0.25, 0.3) is 0 Å². The molecule has 0 unspecified atom stereocenters. The molecule has 1 aliphatic heterocycles. The summed E-state index contributed by atoms with van der Waals surface area (Å²) in [7, 11) is 3.96. The number of carbonyl (C=O) groups is 2. The largest absolute Gasteiger partial charge is 0.378 e. The van der Waals surface area contributed by atoms with Crippen LogP contribution < -0.4 is 10.2 Å². The van der Waals surface area contributed by atoms with E-state index in [0.717, 1.165) is 16.9 Å². The van der Waals surface area contributed by atoms with E-state index in [0.29, 0.717) is 17.2 Å². The topological polar surface area (TPSA) is 52.7 Å². The number of anilines is 2. The van der Waals surface area contributed by atoms with Crippen LogP contribution in [-0.4, -0.2) is 48.5 Å². The van der Waals surface area contributed by atoms with E-state index >= 15 is 0 Å². The number of aryl methyl sites for hydroxylation is 1. The standard InChI is InChI=1S/C20H23N3O2S/c1-14-11-16(22(2)3)9-10-17(14)21-19(24)18-12-26-13-23(18)20(25)15-7-5-4-6-8-15/h4-11,18H,12-13H2,1-3H3,(H,21,24)/t18-/m0/s1. The third-order valence-corrected chi connectivity index (χ3v) is 5.46. The van der Waals surface area contributed by atoms with Gasteiger partial charge in [0.05, 0.1) is 5.88 Å². The minimum absolute atomic E-state index is 0.101. The Balaban J connectivity index is 1.74. The van der Waals surface area contributed by atoms with Gasteiger partial charge in [0, 0.05) is 36.8 Å². The second-order valence-corrected chi connectivity index (χ2v) is 7.54. The van der Waals surface area contributed by atoms with Gasteiger partial charge in [0.25, 0.3) is 5.91 Å². The molecule has 0 spiro atoms. The van der Waals surface area contributed by atoms with Gasteiger partial charge in [-0.2, -0.15) is 0 Å². The maximum atomic E-state index is 12.8. The van der Waals surface area contributed by atoms with Gasteiger partial charge in [-0.25, -0.2) is 0 Å². The van der Waals surface area contributed by atoms with Crippen LogP contribution in [0.5, 0.6) is 0 Å². The van der Waals surface area contributed by atoms with Crippen molar-refractivity contribution in [2.24, 2.45) is 0 Å². The second-order valence-electron chi connectivity index (χ2n) is 6.54. The normalized spacial score (nSPS) is 16.4. The Hall–Kier alpha value is -2.47. The predicted molar refractivity (Wildman–Crippen MR) is 108 cm³/mol. The number of rotatable bonds is 4. The van der Waals surface area contributed by atoms with E-state index in [1.807, 2.05) is 62.3 Å². The molecule has 5 nitrogen and oxygen atoms in total. The number of hydrogen-bond donors (Lipinski definition) is 1. The first-order valence-corrected chi connectivity index (χ1v) is 9.65. The van der Waals surface area contributed by atoms with E-state index in [4.69, 9.17) is 0 Å². The van der Waals surface area contributed by atoms with E-state index < -0.39 is 6.04 Å². The molecule has 2 aromatic rings. The van der Waals surface area contributed by atoms with Gasteiger partial charge in [-0.3, -0.25) is 9.59 Å². The van der Waals surface area contributed by atoms with Crippen molar-refractivity contribution in [1.29, 1.82) is 0 Å². The minimum Gasteiger partial charge on any atom is -0.378 e. The molecular weight excluding hydrogens is 346 g/mol. The van der Waals surface area contributed by atoms with E-state index in [1.165, 1.54) is 0 Å². The van der Waals surface area contributed by atoms with Crippen LogP contribution in [0.4, 0.5) is 11.4 Å². The molecule has 0 aliphatic carbocycles. The first kappa shape index (κ1) is 18.3. The van der Waals surface area contributed by atoms with Crippen LogP contribution in [-0.2, 0) is 4.79 Å². The molecule has 0 radical (unpaired) electrons. The fraction of sp³-hybridized carbons (Fsp3) is 0.300. The molecule has 136 valence electrons. The summed E-state index contributed by atoms with van der Waals surface area (Å²) in [5.41, 5.74) is 3.47. The van der Waals surface area contributed by atoms with E-state index in [9.17, 15) is 9.59 Å². The molecule has 6 heteroatoms. The molecular formula is C20H23N3O2S. The summed E-state index contributed by atoms with van der Waals surface area (Å²) < 4.78 is 0. The Labute approximate surface area is 158 Å². The second kappa shape index (κ2) is 7.83. The van der Waals surface area contributed by atoms with Crippen molar-refractivity contribution in [3.63, 3.8) is 0 Å². The fourth-order valence-corrected chi connectivity index (χ4v) is 4.04. The number of thioether (sulfide) groups is 1. The first-order chi connectivity index (χ1) is 12.5. The molecule has 1 atom stereocenters. The number of nitrogens with zero attached hydrogens (tertiary/aromatic N) is 2. The average molecular weight is 369 g/mol. The lowest BCUT2D eigenvalue weighted by Gasteiger charge is -2.24. The zero-order valence-electron chi connectivity index (χ0n) is 15.2. The zero-order valence-corrected chi connectivity index (χ0v) is 16.0. The third kappa shape index (κ3) is 3.85. The van der Waals surface area contributed by atoms with E-state index in [2.05, 4.69) is 5.32 Å². The van der Waals surface area contributed by atoms with Crippen LogP contribution in [0.2, 0.25) is 0 Å². The highest BCUT2D eigenvalue weighted by Gasteiger charge is 2.35. The first-order valence-electron chi connectivity index (χ1n) is 8.50. The van der Waals surface area contributed by atoms with Gasteiger partial charge < -0.3 is 15.1 Å². The minimum atomic E-state index is -0.458. The van der Waals surface area contributed by atoms with Gasteiger partial charge in [-0.1, -0.05) is 18.2 Å². The molecule has 1 fully saturated rings. The van der Waals surface area contributed by atoms with Crippen molar-refractivity contribution in [2.45, 2.75) is 13.0 Å². The summed E-state index contributed by atoms with van der Waals surface area (Å²) in [5.74, 6) is 0.902. The molecule has 2 amide bonds. The van der Waals surface area contributed by atoms with Crippen molar-refractivity contribution in [3.05, 3.63) is 59.7 Å². The Morgan fingerprint density at radius 3 is 2.54 bits per heavy atom. The highest BCUT2D eigenvalue weighted by Crippen LogP contribution is 2.26. The average Bonchev–Trinajstić information content (AvgIpc) is 3.13. The quantitative estimate of drug-likeness (QED) is 0.899. The van der Waals surface area contributed by atoms with Gasteiger partial charge in [-0.05, 0) is 42.8 Å². The van der Waals surface area contributed by atoms with Crippen LogP contribution >= 0.6 is 11.8 Å². The summed E-state index contributed by atoms with van der Waals surface area (Å²) in [6, 6.07) is 14.6. The zero-order chi connectivity index (χ0) is 18.7. The SMILES string of the molecule is Cc1cc(N(C)C)ccc1NC(=O)[C@@H]1CSCN1C(=O)c1ccccc1. The van der Waals surface area contributed by atoms with Crippen LogP contribution in [0.15, 0.2) is 48.5 Å². The third-order valence-electron chi connectivity index (χ3n) is 4.45. The molecule has 0 bridgehead atoms. The molecule has 0 aromatic heterocycles. The number of hydrogen-bond acceptors (Lipinski definition) is 4. The Morgan fingerprint density at radius 2 is 1.88 bits per heavy atom. The number of carbonyl (C=O) groups excluding carboxylic acids is 2. The molecule has 1 aliphatic rings.